The molecule has 1 saturated carbocycles. The first-order chi connectivity index (χ1) is 16.3. The van der Waals surface area contributed by atoms with Crippen LogP contribution in [0.15, 0.2) is 24.3 Å². The zero-order chi connectivity index (χ0) is 24.4. The summed E-state index contributed by atoms with van der Waals surface area (Å²) in [6.07, 6.45) is 4.26. The number of benzene rings is 1. The van der Waals surface area contributed by atoms with E-state index in [9.17, 15) is 19.2 Å². The summed E-state index contributed by atoms with van der Waals surface area (Å²) >= 11 is 0. The number of nitrogens with one attached hydrogen (secondary N) is 2. The molecule has 2 fully saturated rings. The minimum atomic E-state index is -1.00. The summed E-state index contributed by atoms with van der Waals surface area (Å²) in [6, 6.07) is 5.21. The van der Waals surface area contributed by atoms with E-state index in [1.807, 2.05) is 0 Å². The number of aromatic nitrogens is 1. The Hall–Kier alpha value is -3.56. The van der Waals surface area contributed by atoms with Crippen molar-refractivity contribution in [2.24, 2.45) is 23.3 Å². The van der Waals surface area contributed by atoms with Crippen LogP contribution in [0.25, 0.3) is 10.9 Å². The highest BCUT2D eigenvalue weighted by molar-refractivity contribution is 6.01. The molecule has 6 N–H and O–H groups in total. The lowest BCUT2D eigenvalue weighted by atomic mass is 9.80. The molecule has 0 radical (unpaired) electrons. The van der Waals surface area contributed by atoms with E-state index in [1.54, 1.807) is 28.8 Å². The molecule has 1 aromatic heterocycles. The van der Waals surface area contributed by atoms with Gasteiger partial charge in [0.05, 0.1) is 12.6 Å². The predicted octanol–water partition coefficient (Wildman–Crippen LogP) is 0.976. The molecule has 182 valence electrons. The molecule has 0 spiro atoms. The van der Waals surface area contributed by atoms with E-state index in [2.05, 4.69) is 10.6 Å². The number of nitrogens with zero attached hydrogens (tertiary/aromatic N) is 1. The predicted molar refractivity (Wildman–Crippen MR) is 125 cm³/mol. The lowest BCUT2D eigenvalue weighted by molar-refractivity contribution is -0.131. The summed E-state index contributed by atoms with van der Waals surface area (Å²) in [4.78, 5) is 50.2. The first-order valence-electron chi connectivity index (χ1n) is 11.6. The molecule has 1 saturated heterocycles. The van der Waals surface area contributed by atoms with E-state index in [0.29, 0.717) is 42.0 Å². The number of hydrogen-bond acceptors (Lipinski definition) is 5. The Kier molecular flexibility index (Phi) is 6.76. The molecule has 4 rings (SSSR count). The second-order valence-corrected chi connectivity index (χ2v) is 9.18. The van der Waals surface area contributed by atoms with Crippen molar-refractivity contribution in [1.29, 1.82) is 0 Å². The summed E-state index contributed by atoms with van der Waals surface area (Å²) in [5, 5.41) is 6.17. The van der Waals surface area contributed by atoms with Gasteiger partial charge in [-0.05, 0) is 43.4 Å². The third kappa shape index (κ3) is 4.57. The zero-order valence-electron chi connectivity index (χ0n) is 19.2. The van der Waals surface area contributed by atoms with Gasteiger partial charge in [0.15, 0.2) is 0 Å². The van der Waals surface area contributed by atoms with Crippen molar-refractivity contribution in [1.82, 2.24) is 15.2 Å². The third-order valence-corrected chi connectivity index (χ3v) is 7.05. The molecule has 34 heavy (non-hydrogen) atoms. The van der Waals surface area contributed by atoms with Gasteiger partial charge in [-0.1, -0.05) is 25.3 Å². The van der Waals surface area contributed by atoms with Crippen LogP contribution in [0.3, 0.4) is 0 Å². The monoisotopic (exact) mass is 469 g/mol. The van der Waals surface area contributed by atoms with Crippen LogP contribution in [0.4, 0.5) is 0 Å². The number of carbonyl (C=O) groups is 4. The van der Waals surface area contributed by atoms with Crippen LogP contribution < -0.4 is 26.8 Å². The molecule has 0 bridgehead atoms. The van der Waals surface area contributed by atoms with Crippen molar-refractivity contribution >= 4 is 34.5 Å². The van der Waals surface area contributed by atoms with Crippen LogP contribution in [-0.2, 0) is 14.4 Å². The van der Waals surface area contributed by atoms with Gasteiger partial charge >= 0.3 is 0 Å². The van der Waals surface area contributed by atoms with E-state index in [-0.39, 0.29) is 23.9 Å². The number of amides is 4. The molecule has 10 nitrogen and oxygen atoms in total. The van der Waals surface area contributed by atoms with Gasteiger partial charge in [0.25, 0.3) is 5.91 Å². The number of rotatable bonds is 10. The fourth-order valence-electron chi connectivity index (χ4n) is 4.97. The fraction of sp³-hybridized carbons (Fsp3) is 0.500. The first-order valence-corrected chi connectivity index (χ1v) is 11.6. The highest BCUT2D eigenvalue weighted by atomic mass is 16.5. The zero-order valence-corrected chi connectivity index (χ0v) is 19.2. The van der Waals surface area contributed by atoms with Crippen LogP contribution in [0, 0.1) is 11.8 Å². The molecule has 2 heterocycles. The summed E-state index contributed by atoms with van der Waals surface area (Å²) in [5.74, 6) is -1.47. The Bertz CT molecular complexity index is 1120. The van der Waals surface area contributed by atoms with E-state index < -0.39 is 29.8 Å². The average Bonchev–Trinajstić information content (AvgIpc) is 3.35. The standard InChI is InChI=1S/C24H31N5O5/c1-34-20-7-3-6-17-15(20)12-18(22(26)31)29(17)19(10-13-4-2-5-13)24(33)28-16(21(25)30)11-14-8-9-27-23(14)32/h3,6-7,12-14,16,19H,2,4-5,8-11H2,1H3,(H2,25,30)(H2,26,31)(H,27,32)(H,28,33)/t14-,16-,19-/m0/s1. The topological polar surface area (TPSA) is 159 Å². The number of fused-ring (bicyclic) bond motifs is 1. The smallest absolute Gasteiger partial charge is 0.265 e. The summed E-state index contributed by atoms with van der Waals surface area (Å²) in [5.41, 5.74) is 12.1. The van der Waals surface area contributed by atoms with Crippen molar-refractivity contribution < 1.29 is 23.9 Å². The molecule has 2 aromatic rings. The number of hydrogen-bond donors (Lipinski definition) is 4. The summed E-state index contributed by atoms with van der Waals surface area (Å²) in [6.45, 7) is 0.534. The number of ether oxygens (including phenoxy) is 1. The van der Waals surface area contributed by atoms with Crippen LogP contribution in [-0.4, -0.2) is 47.9 Å². The molecule has 1 aliphatic heterocycles. The molecule has 3 atom stereocenters. The van der Waals surface area contributed by atoms with Gasteiger partial charge in [-0.2, -0.15) is 0 Å². The van der Waals surface area contributed by atoms with Gasteiger partial charge in [0.1, 0.15) is 23.5 Å². The minimum absolute atomic E-state index is 0.131. The van der Waals surface area contributed by atoms with Crippen molar-refractivity contribution in [2.75, 3.05) is 13.7 Å². The van der Waals surface area contributed by atoms with Crippen molar-refractivity contribution in [3.05, 3.63) is 30.0 Å². The molecule has 2 aliphatic rings. The van der Waals surface area contributed by atoms with Gasteiger partial charge in [0, 0.05) is 17.8 Å². The van der Waals surface area contributed by atoms with Gasteiger partial charge in [-0.25, -0.2) is 0 Å². The van der Waals surface area contributed by atoms with Gasteiger partial charge in [0.2, 0.25) is 17.7 Å². The molecule has 4 amide bonds. The quantitative estimate of drug-likeness (QED) is 0.408. The first kappa shape index (κ1) is 23.6. The molecular formula is C24H31N5O5. The Balaban J connectivity index is 1.70. The van der Waals surface area contributed by atoms with Crippen LogP contribution >= 0.6 is 0 Å². The largest absolute Gasteiger partial charge is 0.496 e. The summed E-state index contributed by atoms with van der Waals surface area (Å²) in [7, 11) is 1.53. The third-order valence-electron chi connectivity index (χ3n) is 7.05. The average molecular weight is 470 g/mol. The van der Waals surface area contributed by atoms with Crippen LogP contribution in [0.1, 0.15) is 55.1 Å². The Morgan fingerprint density at radius 2 is 1.97 bits per heavy atom. The highest BCUT2D eigenvalue weighted by Crippen LogP contribution is 2.38. The highest BCUT2D eigenvalue weighted by Gasteiger charge is 2.35. The minimum Gasteiger partial charge on any atom is -0.496 e. The maximum Gasteiger partial charge on any atom is 0.265 e. The van der Waals surface area contributed by atoms with Crippen molar-refractivity contribution in [2.45, 2.75) is 50.6 Å². The summed E-state index contributed by atoms with van der Waals surface area (Å²) < 4.78 is 7.09. The normalized spacial score (nSPS) is 19.8. The van der Waals surface area contributed by atoms with Crippen LogP contribution in [0.5, 0.6) is 5.75 Å². The van der Waals surface area contributed by atoms with E-state index in [4.69, 9.17) is 16.2 Å². The van der Waals surface area contributed by atoms with Crippen molar-refractivity contribution in [3.8, 4) is 5.75 Å². The van der Waals surface area contributed by atoms with E-state index in [1.165, 1.54) is 7.11 Å². The lowest BCUT2D eigenvalue weighted by Gasteiger charge is -2.31. The molecule has 1 aromatic carbocycles. The number of primary amides is 2. The maximum absolute atomic E-state index is 13.6. The lowest BCUT2D eigenvalue weighted by Crippen LogP contribution is -2.49. The second-order valence-electron chi connectivity index (χ2n) is 9.18. The Morgan fingerprint density at radius 3 is 2.53 bits per heavy atom. The maximum atomic E-state index is 13.6. The Labute approximate surface area is 197 Å². The fourth-order valence-corrected chi connectivity index (χ4v) is 4.97. The van der Waals surface area contributed by atoms with E-state index >= 15 is 0 Å². The number of methoxy groups -OCH3 is 1. The second kappa shape index (κ2) is 9.74. The SMILES string of the molecule is COc1cccc2c1cc(C(N)=O)n2[C@@H](CC1CCC1)C(=O)N[C@@H](C[C@@H]1CCNC1=O)C(N)=O. The van der Waals surface area contributed by atoms with E-state index in [0.717, 1.165) is 19.3 Å². The molecule has 10 heteroatoms. The van der Waals surface area contributed by atoms with Gasteiger partial charge < -0.3 is 31.4 Å². The molecule has 1 aliphatic carbocycles. The van der Waals surface area contributed by atoms with Crippen LogP contribution in [0.2, 0.25) is 0 Å². The van der Waals surface area contributed by atoms with Crippen molar-refractivity contribution in [3.63, 3.8) is 0 Å². The Morgan fingerprint density at radius 1 is 1.21 bits per heavy atom. The van der Waals surface area contributed by atoms with Gasteiger partial charge in [-0.15, -0.1) is 0 Å². The number of nitrogens with two attached hydrogens (primary N) is 2. The van der Waals surface area contributed by atoms with Gasteiger partial charge in [-0.3, -0.25) is 19.2 Å². The molecule has 0 unspecified atom stereocenters. The molecular weight excluding hydrogens is 438 g/mol. The number of carbonyl (C=O) groups excluding carboxylic acids is 4.